The van der Waals surface area contributed by atoms with E-state index < -0.39 is 0 Å². The van der Waals surface area contributed by atoms with Crippen molar-refractivity contribution in [2.45, 2.75) is 24.5 Å². The number of hydrogen-bond acceptors (Lipinski definition) is 1. The highest BCUT2D eigenvalue weighted by molar-refractivity contribution is 8.00. The van der Waals surface area contributed by atoms with E-state index in [4.69, 9.17) is 0 Å². The zero-order valence-electron chi connectivity index (χ0n) is 4.52. The molecule has 0 spiro atoms. The second-order valence-corrected chi connectivity index (χ2v) is 3.33. The second kappa shape index (κ2) is 2.61. The topological polar surface area (TPSA) is 0 Å². The van der Waals surface area contributed by atoms with Crippen molar-refractivity contribution in [1.29, 1.82) is 0 Å². The molecule has 1 aliphatic carbocycles. The zero-order chi connectivity index (χ0) is 5.11. The number of rotatable bonds is 2. The molecular formula is C6H11S. The Hall–Kier alpha value is 0.350. The monoisotopic (exact) mass is 115 g/mol. The summed E-state index contributed by atoms with van der Waals surface area (Å²) in [6, 6.07) is 0. The van der Waals surface area contributed by atoms with Crippen LogP contribution in [0.25, 0.3) is 0 Å². The molecule has 0 heterocycles. The molecule has 0 amide bonds. The predicted molar refractivity (Wildman–Crippen MR) is 35.5 cm³/mol. The summed E-state index contributed by atoms with van der Waals surface area (Å²) < 4.78 is 0. The molecule has 0 unspecified atom stereocenters. The molecule has 0 saturated heterocycles. The maximum absolute atomic E-state index is 3.77. The lowest BCUT2D eigenvalue weighted by Gasteiger charge is -2.23. The summed E-state index contributed by atoms with van der Waals surface area (Å²) in [6.07, 6.45) is 4.35. The van der Waals surface area contributed by atoms with Crippen LogP contribution in [0.15, 0.2) is 0 Å². The third-order valence-corrected chi connectivity index (χ3v) is 2.58. The first-order chi connectivity index (χ1) is 3.43. The van der Waals surface area contributed by atoms with E-state index in [0.29, 0.717) is 0 Å². The van der Waals surface area contributed by atoms with Crippen LogP contribution in [0.2, 0.25) is 0 Å². The molecule has 1 saturated carbocycles. The molecule has 0 bridgehead atoms. The van der Waals surface area contributed by atoms with Crippen molar-refractivity contribution >= 4 is 11.8 Å². The molecule has 0 atom stereocenters. The molecule has 1 radical (unpaired) electrons. The van der Waals surface area contributed by atoms with Crippen LogP contribution in [0, 0.1) is 6.92 Å². The van der Waals surface area contributed by atoms with E-state index in [-0.39, 0.29) is 0 Å². The minimum atomic E-state index is 0.984. The lowest BCUT2D eigenvalue weighted by atomic mass is 10.0. The molecule has 0 aromatic carbocycles. The van der Waals surface area contributed by atoms with Gasteiger partial charge in [-0.3, -0.25) is 0 Å². The van der Waals surface area contributed by atoms with Crippen LogP contribution in [0.5, 0.6) is 0 Å². The van der Waals surface area contributed by atoms with E-state index >= 15 is 0 Å². The standard InChI is InChI=1S/C6H11S/c1-2-7-6-4-3-5-6/h6H,1-5H2. The lowest BCUT2D eigenvalue weighted by Crippen LogP contribution is -2.12. The fourth-order valence-electron chi connectivity index (χ4n) is 0.704. The van der Waals surface area contributed by atoms with Gasteiger partial charge in [-0.15, -0.1) is 0 Å². The Kier molecular flexibility index (Phi) is 2.04. The van der Waals surface area contributed by atoms with E-state index in [1.54, 1.807) is 0 Å². The highest BCUT2D eigenvalue weighted by Gasteiger charge is 2.15. The van der Waals surface area contributed by atoms with Crippen molar-refractivity contribution in [3.63, 3.8) is 0 Å². The van der Waals surface area contributed by atoms with Gasteiger partial charge in [-0.2, -0.15) is 11.8 Å². The van der Waals surface area contributed by atoms with Crippen molar-refractivity contribution < 1.29 is 0 Å². The quantitative estimate of drug-likeness (QED) is 0.531. The van der Waals surface area contributed by atoms with Gasteiger partial charge in [0.2, 0.25) is 0 Å². The van der Waals surface area contributed by atoms with Crippen LogP contribution in [0.3, 0.4) is 0 Å². The Labute approximate surface area is 49.7 Å². The summed E-state index contributed by atoms with van der Waals surface area (Å²) in [5.74, 6) is 1.06. The summed E-state index contributed by atoms with van der Waals surface area (Å²) in [5, 5.41) is 0.984. The normalized spacial score (nSPS) is 21.9. The molecule has 0 N–H and O–H groups in total. The van der Waals surface area contributed by atoms with Crippen molar-refractivity contribution in [3.05, 3.63) is 6.92 Å². The molecule has 1 rings (SSSR count). The van der Waals surface area contributed by atoms with Gasteiger partial charge < -0.3 is 0 Å². The van der Waals surface area contributed by atoms with Crippen molar-refractivity contribution in [3.8, 4) is 0 Å². The Morgan fingerprint density at radius 2 is 2.29 bits per heavy atom. The van der Waals surface area contributed by atoms with Crippen molar-refractivity contribution in [2.75, 3.05) is 5.75 Å². The van der Waals surface area contributed by atoms with E-state index in [2.05, 4.69) is 6.92 Å². The molecule has 0 aromatic rings. The molecule has 0 nitrogen and oxygen atoms in total. The highest BCUT2D eigenvalue weighted by Crippen LogP contribution is 2.30. The molecule has 0 aromatic heterocycles. The first kappa shape index (κ1) is 5.49. The van der Waals surface area contributed by atoms with Crippen LogP contribution in [0.4, 0.5) is 0 Å². The minimum absolute atomic E-state index is 0.984. The van der Waals surface area contributed by atoms with Gasteiger partial charge in [-0.25, -0.2) is 0 Å². The minimum Gasteiger partial charge on any atom is -0.159 e. The van der Waals surface area contributed by atoms with Gasteiger partial charge in [0.25, 0.3) is 0 Å². The molecular weight excluding hydrogens is 104 g/mol. The largest absolute Gasteiger partial charge is 0.159 e. The van der Waals surface area contributed by atoms with E-state index in [1.165, 1.54) is 19.3 Å². The molecule has 0 aliphatic heterocycles. The fraction of sp³-hybridized carbons (Fsp3) is 0.833. The maximum Gasteiger partial charge on any atom is 0.00470 e. The summed E-state index contributed by atoms with van der Waals surface area (Å²) in [6.45, 7) is 3.77. The smallest absolute Gasteiger partial charge is 0.00470 e. The summed E-state index contributed by atoms with van der Waals surface area (Å²) in [5.41, 5.74) is 0. The highest BCUT2D eigenvalue weighted by atomic mass is 32.2. The first-order valence-electron chi connectivity index (χ1n) is 2.84. The summed E-state index contributed by atoms with van der Waals surface area (Å²) in [4.78, 5) is 0. The van der Waals surface area contributed by atoms with Gasteiger partial charge in [-0.05, 0) is 25.5 Å². The van der Waals surface area contributed by atoms with Gasteiger partial charge in [0, 0.05) is 5.25 Å². The van der Waals surface area contributed by atoms with Gasteiger partial charge in [-0.1, -0.05) is 6.42 Å². The molecule has 7 heavy (non-hydrogen) atoms. The van der Waals surface area contributed by atoms with Crippen LogP contribution in [-0.2, 0) is 0 Å². The van der Waals surface area contributed by atoms with Gasteiger partial charge in [0.05, 0.1) is 0 Å². The van der Waals surface area contributed by atoms with Gasteiger partial charge in [0.1, 0.15) is 0 Å². The SMILES string of the molecule is [CH2]CSC1CCC1. The van der Waals surface area contributed by atoms with E-state index in [0.717, 1.165) is 11.0 Å². The van der Waals surface area contributed by atoms with Crippen LogP contribution < -0.4 is 0 Å². The third-order valence-electron chi connectivity index (χ3n) is 1.41. The molecule has 1 heteroatoms. The fourth-order valence-corrected chi connectivity index (χ4v) is 1.70. The Balaban J connectivity index is 1.93. The van der Waals surface area contributed by atoms with E-state index in [9.17, 15) is 0 Å². The Bertz CT molecular complexity index is 48.1. The summed E-state index contributed by atoms with van der Waals surface area (Å²) in [7, 11) is 0. The summed E-state index contributed by atoms with van der Waals surface area (Å²) >= 11 is 2.01. The van der Waals surface area contributed by atoms with Crippen LogP contribution in [0.1, 0.15) is 19.3 Å². The van der Waals surface area contributed by atoms with Gasteiger partial charge >= 0.3 is 0 Å². The maximum atomic E-state index is 3.77. The predicted octanol–water partition coefficient (Wildman–Crippen LogP) is 2.11. The average molecular weight is 115 g/mol. The lowest BCUT2D eigenvalue weighted by molar-refractivity contribution is 0.522. The Morgan fingerprint density at radius 3 is 2.43 bits per heavy atom. The number of hydrogen-bond donors (Lipinski definition) is 0. The molecule has 41 valence electrons. The number of thioether (sulfide) groups is 1. The van der Waals surface area contributed by atoms with E-state index in [1.807, 2.05) is 11.8 Å². The molecule has 1 fully saturated rings. The Morgan fingerprint density at radius 1 is 1.57 bits per heavy atom. The van der Waals surface area contributed by atoms with Crippen molar-refractivity contribution in [2.24, 2.45) is 0 Å². The van der Waals surface area contributed by atoms with Crippen molar-refractivity contribution in [1.82, 2.24) is 0 Å². The van der Waals surface area contributed by atoms with Crippen LogP contribution in [-0.4, -0.2) is 11.0 Å². The average Bonchev–Trinajstić information content (AvgIpc) is 1.55. The second-order valence-electron chi connectivity index (χ2n) is 1.92. The molecule has 1 aliphatic rings. The zero-order valence-corrected chi connectivity index (χ0v) is 5.34. The van der Waals surface area contributed by atoms with Crippen LogP contribution >= 0.6 is 11.8 Å². The third kappa shape index (κ3) is 1.37. The van der Waals surface area contributed by atoms with Gasteiger partial charge in [0.15, 0.2) is 0 Å². The first-order valence-corrected chi connectivity index (χ1v) is 3.89.